The molecular weight excluding hydrogens is 248 g/mol. The van der Waals surface area contributed by atoms with Crippen LogP contribution in [0.15, 0.2) is 18.2 Å². The van der Waals surface area contributed by atoms with Gasteiger partial charge in [0, 0.05) is 12.0 Å². The number of rotatable bonds is 9. The van der Waals surface area contributed by atoms with Crippen molar-refractivity contribution in [3.8, 4) is 5.75 Å². The first kappa shape index (κ1) is 15.1. The van der Waals surface area contributed by atoms with Gasteiger partial charge in [0.15, 0.2) is 5.78 Å². The van der Waals surface area contributed by atoms with E-state index in [1.165, 1.54) is 38.5 Å². The van der Waals surface area contributed by atoms with Crippen molar-refractivity contribution in [3.63, 3.8) is 0 Å². The maximum Gasteiger partial charge on any atom is 0.163 e. The van der Waals surface area contributed by atoms with Crippen LogP contribution in [0.4, 0.5) is 0 Å². The van der Waals surface area contributed by atoms with Crippen LogP contribution in [0.5, 0.6) is 5.75 Å². The molecule has 0 amide bonds. The van der Waals surface area contributed by atoms with E-state index in [4.69, 9.17) is 4.74 Å². The second-order valence-electron chi connectivity index (χ2n) is 5.71. The van der Waals surface area contributed by atoms with Crippen LogP contribution in [-0.4, -0.2) is 12.4 Å². The predicted octanol–water partition coefficient (Wildman–Crippen LogP) is 4.94. The number of aryl methyl sites for hydroxylation is 1. The molecule has 0 N–H and O–H groups in total. The Kier molecular flexibility index (Phi) is 6.10. The first-order chi connectivity index (χ1) is 9.81. The first-order valence-corrected chi connectivity index (χ1v) is 8.10. The van der Waals surface area contributed by atoms with Crippen molar-refractivity contribution in [1.29, 1.82) is 0 Å². The lowest BCUT2D eigenvalue weighted by Gasteiger charge is -2.07. The molecule has 2 heteroatoms. The monoisotopic (exact) mass is 274 g/mol. The van der Waals surface area contributed by atoms with Crippen molar-refractivity contribution in [2.45, 2.75) is 64.7 Å². The summed E-state index contributed by atoms with van der Waals surface area (Å²) in [6.45, 7) is 3.04. The molecule has 0 saturated carbocycles. The number of benzene rings is 1. The van der Waals surface area contributed by atoms with E-state index in [1.54, 1.807) is 0 Å². The maximum atomic E-state index is 11.5. The third-order valence-electron chi connectivity index (χ3n) is 4.02. The molecule has 1 aromatic rings. The summed E-state index contributed by atoms with van der Waals surface area (Å²) < 4.78 is 5.78. The van der Waals surface area contributed by atoms with Crippen LogP contribution < -0.4 is 4.74 Å². The molecule has 0 bridgehead atoms. The summed E-state index contributed by atoms with van der Waals surface area (Å²) in [5, 5.41) is 0. The van der Waals surface area contributed by atoms with Crippen LogP contribution >= 0.6 is 0 Å². The Morgan fingerprint density at radius 2 is 1.75 bits per heavy atom. The van der Waals surface area contributed by atoms with Crippen molar-refractivity contribution >= 4 is 5.78 Å². The summed E-state index contributed by atoms with van der Waals surface area (Å²) >= 11 is 0. The summed E-state index contributed by atoms with van der Waals surface area (Å²) in [4.78, 5) is 11.5. The van der Waals surface area contributed by atoms with Crippen LogP contribution in [-0.2, 0) is 6.42 Å². The fraction of sp³-hybridized carbons (Fsp3) is 0.611. The van der Waals surface area contributed by atoms with Gasteiger partial charge in [0.25, 0.3) is 0 Å². The molecule has 1 aliphatic rings. The maximum absolute atomic E-state index is 11.5. The molecule has 0 saturated heterocycles. The molecule has 0 fully saturated rings. The molecule has 1 aliphatic carbocycles. The largest absolute Gasteiger partial charge is 0.494 e. The molecule has 2 nitrogen and oxygen atoms in total. The smallest absolute Gasteiger partial charge is 0.163 e. The molecule has 0 heterocycles. The van der Waals surface area contributed by atoms with Crippen molar-refractivity contribution in [2.24, 2.45) is 0 Å². The molecule has 0 unspecified atom stereocenters. The van der Waals surface area contributed by atoms with Crippen molar-refractivity contribution in [1.82, 2.24) is 0 Å². The van der Waals surface area contributed by atoms with E-state index in [9.17, 15) is 4.79 Å². The van der Waals surface area contributed by atoms with Crippen LogP contribution in [0, 0.1) is 0 Å². The van der Waals surface area contributed by atoms with E-state index < -0.39 is 0 Å². The van der Waals surface area contributed by atoms with Crippen LogP contribution in [0.2, 0.25) is 0 Å². The summed E-state index contributed by atoms with van der Waals surface area (Å²) in [5.74, 6) is 1.20. The number of Topliss-reactive ketones (excluding diaryl/α,β-unsaturated/α-hetero) is 1. The molecule has 20 heavy (non-hydrogen) atoms. The molecular formula is C18H26O2. The van der Waals surface area contributed by atoms with E-state index in [0.717, 1.165) is 36.3 Å². The van der Waals surface area contributed by atoms with Crippen LogP contribution in [0.25, 0.3) is 0 Å². The van der Waals surface area contributed by atoms with E-state index in [-0.39, 0.29) is 5.78 Å². The average molecular weight is 274 g/mol. The lowest BCUT2D eigenvalue weighted by atomic mass is 10.1. The number of hydrogen-bond acceptors (Lipinski definition) is 2. The normalized spacial score (nSPS) is 13.6. The minimum absolute atomic E-state index is 0.277. The lowest BCUT2D eigenvalue weighted by molar-refractivity contribution is 0.0994. The van der Waals surface area contributed by atoms with Gasteiger partial charge >= 0.3 is 0 Å². The summed E-state index contributed by atoms with van der Waals surface area (Å²) in [6.07, 6.45) is 10.6. The van der Waals surface area contributed by atoms with Gasteiger partial charge in [-0.05, 0) is 36.6 Å². The zero-order chi connectivity index (χ0) is 14.2. The van der Waals surface area contributed by atoms with Gasteiger partial charge in [0.2, 0.25) is 0 Å². The quantitative estimate of drug-likeness (QED) is 0.596. The number of hydrogen-bond donors (Lipinski definition) is 0. The Morgan fingerprint density at radius 1 is 1.00 bits per heavy atom. The number of ketones is 1. The number of carbonyl (C=O) groups excluding carboxylic acids is 1. The third-order valence-corrected chi connectivity index (χ3v) is 4.02. The van der Waals surface area contributed by atoms with Gasteiger partial charge in [0.1, 0.15) is 5.75 Å². The molecule has 110 valence electrons. The first-order valence-electron chi connectivity index (χ1n) is 8.10. The molecule has 0 aromatic heterocycles. The Hall–Kier alpha value is -1.31. The highest BCUT2D eigenvalue weighted by atomic mass is 16.5. The highest BCUT2D eigenvalue weighted by Crippen LogP contribution is 2.26. The lowest BCUT2D eigenvalue weighted by Crippen LogP contribution is -1.98. The zero-order valence-electron chi connectivity index (χ0n) is 12.6. The standard InChI is InChI=1S/C18H26O2/c1-2-3-4-5-6-7-8-13-20-16-10-11-17-15(14-16)9-12-18(17)19/h10-11,14H,2-9,12-13H2,1H3. The van der Waals surface area contributed by atoms with Crippen molar-refractivity contribution in [3.05, 3.63) is 29.3 Å². The zero-order valence-corrected chi connectivity index (χ0v) is 12.6. The fourth-order valence-electron chi connectivity index (χ4n) is 2.77. The number of unbranched alkanes of at least 4 members (excludes halogenated alkanes) is 6. The van der Waals surface area contributed by atoms with Crippen molar-refractivity contribution in [2.75, 3.05) is 6.61 Å². The summed E-state index contributed by atoms with van der Waals surface area (Å²) in [7, 11) is 0. The van der Waals surface area contributed by atoms with E-state index in [0.29, 0.717) is 6.42 Å². The highest BCUT2D eigenvalue weighted by Gasteiger charge is 2.19. The van der Waals surface area contributed by atoms with Gasteiger partial charge in [-0.15, -0.1) is 0 Å². The number of ether oxygens (including phenoxy) is 1. The van der Waals surface area contributed by atoms with Gasteiger partial charge < -0.3 is 4.74 Å². The van der Waals surface area contributed by atoms with E-state index >= 15 is 0 Å². The molecule has 2 rings (SSSR count). The molecule has 1 aromatic carbocycles. The van der Waals surface area contributed by atoms with Gasteiger partial charge in [-0.3, -0.25) is 4.79 Å². The highest BCUT2D eigenvalue weighted by molar-refractivity contribution is 6.00. The summed E-state index contributed by atoms with van der Waals surface area (Å²) in [6, 6.07) is 5.90. The van der Waals surface area contributed by atoms with E-state index in [2.05, 4.69) is 6.92 Å². The topological polar surface area (TPSA) is 26.3 Å². The Bertz CT molecular complexity index is 437. The fourth-order valence-corrected chi connectivity index (χ4v) is 2.77. The number of fused-ring (bicyclic) bond motifs is 1. The van der Waals surface area contributed by atoms with Gasteiger partial charge in [0.05, 0.1) is 6.61 Å². The SMILES string of the molecule is CCCCCCCCCOc1ccc2c(c1)CCC2=O. The Balaban J connectivity index is 1.62. The molecule has 0 atom stereocenters. The van der Waals surface area contributed by atoms with Crippen LogP contribution in [0.1, 0.15) is 74.2 Å². The second-order valence-corrected chi connectivity index (χ2v) is 5.71. The molecule has 0 spiro atoms. The third kappa shape index (κ3) is 4.36. The minimum Gasteiger partial charge on any atom is -0.494 e. The average Bonchev–Trinajstić information content (AvgIpc) is 2.83. The van der Waals surface area contributed by atoms with Gasteiger partial charge in [-0.25, -0.2) is 0 Å². The molecule has 0 radical (unpaired) electrons. The Morgan fingerprint density at radius 3 is 2.55 bits per heavy atom. The molecule has 0 aliphatic heterocycles. The van der Waals surface area contributed by atoms with Gasteiger partial charge in [-0.1, -0.05) is 45.4 Å². The van der Waals surface area contributed by atoms with E-state index in [1.807, 2.05) is 18.2 Å². The van der Waals surface area contributed by atoms with Crippen LogP contribution in [0.3, 0.4) is 0 Å². The number of carbonyl (C=O) groups is 1. The minimum atomic E-state index is 0.277. The summed E-state index contributed by atoms with van der Waals surface area (Å²) in [5.41, 5.74) is 2.06. The van der Waals surface area contributed by atoms with Gasteiger partial charge in [-0.2, -0.15) is 0 Å². The second kappa shape index (κ2) is 8.08. The van der Waals surface area contributed by atoms with Crippen molar-refractivity contribution < 1.29 is 9.53 Å². The Labute approximate surface area is 122 Å². The predicted molar refractivity (Wildman–Crippen MR) is 82.6 cm³/mol.